The molecule has 0 radical (unpaired) electrons. The molecule has 1 aliphatic rings. The number of nitrogens with one attached hydrogen (secondary N) is 1. The summed E-state index contributed by atoms with van der Waals surface area (Å²) in [7, 11) is 0. The SMILES string of the molecule is Cc1ccc(C2=CC(c3cc(Cl)cc(Cl)c3)(C(F)(F)F)ON2)cc1C. The van der Waals surface area contributed by atoms with Gasteiger partial charge in [-0.05, 0) is 60.9 Å². The fourth-order valence-electron chi connectivity index (χ4n) is 2.66. The molecule has 0 saturated carbocycles. The summed E-state index contributed by atoms with van der Waals surface area (Å²) in [6.07, 6.45) is -3.70. The number of hydrogen-bond donors (Lipinski definition) is 1. The van der Waals surface area contributed by atoms with Crippen molar-refractivity contribution in [3.8, 4) is 0 Å². The Hall–Kier alpha value is -1.69. The van der Waals surface area contributed by atoms with Gasteiger partial charge in [0.25, 0.3) is 0 Å². The van der Waals surface area contributed by atoms with E-state index in [1.807, 2.05) is 19.9 Å². The maximum absolute atomic E-state index is 13.9. The van der Waals surface area contributed by atoms with E-state index in [0.717, 1.165) is 17.2 Å². The average Bonchev–Trinajstić information content (AvgIpc) is 2.95. The van der Waals surface area contributed by atoms with Crippen LogP contribution in [0.3, 0.4) is 0 Å². The van der Waals surface area contributed by atoms with Crippen molar-refractivity contribution < 1.29 is 18.0 Å². The van der Waals surface area contributed by atoms with Crippen LogP contribution in [0.4, 0.5) is 13.2 Å². The molecule has 0 aliphatic carbocycles. The van der Waals surface area contributed by atoms with Crippen molar-refractivity contribution in [3.63, 3.8) is 0 Å². The molecule has 3 rings (SSSR count). The van der Waals surface area contributed by atoms with Crippen LogP contribution in [0.15, 0.2) is 42.5 Å². The van der Waals surface area contributed by atoms with E-state index in [2.05, 4.69) is 5.48 Å². The molecule has 1 aliphatic heterocycles. The Morgan fingerprint density at radius 3 is 2.16 bits per heavy atom. The Kier molecular flexibility index (Phi) is 4.52. The topological polar surface area (TPSA) is 21.3 Å². The molecule has 0 aromatic heterocycles. The predicted molar refractivity (Wildman–Crippen MR) is 92.3 cm³/mol. The average molecular weight is 388 g/mol. The Morgan fingerprint density at radius 2 is 1.60 bits per heavy atom. The van der Waals surface area contributed by atoms with Gasteiger partial charge in [0.1, 0.15) is 0 Å². The minimum absolute atomic E-state index is 0.0998. The van der Waals surface area contributed by atoms with Gasteiger partial charge in [-0.25, -0.2) is 0 Å². The molecular formula is C18H14Cl2F3NO. The molecule has 2 aromatic carbocycles. The van der Waals surface area contributed by atoms with Crippen LogP contribution in [0, 0.1) is 13.8 Å². The first kappa shape index (κ1) is 18.1. The lowest BCUT2D eigenvalue weighted by molar-refractivity contribution is -0.269. The molecule has 1 N–H and O–H groups in total. The van der Waals surface area contributed by atoms with Crippen LogP contribution in [0.25, 0.3) is 5.70 Å². The number of aryl methyl sites for hydroxylation is 2. The second-order valence-corrected chi connectivity index (χ2v) is 6.83. The number of benzene rings is 2. The van der Waals surface area contributed by atoms with Gasteiger partial charge in [-0.15, -0.1) is 0 Å². The van der Waals surface area contributed by atoms with Crippen LogP contribution in [-0.4, -0.2) is 6.18 Å². The lowest BCUT2D eigenvalue weighted by Crippen LogP contribution is -2.42. The minimum Gasteiger partial charge on any atom is -0.265 e. The van der Waals surface area contributed by atoms with Crippen molar-refractivity contribution in [1.29, 1.82) is 0 Å². The van der Waals surface area contributed by atoms with Gasteiger partial charge in [0, 0.05) is 15.6 Å². The normalized spacial score (nSPS) is 20.4. The summed E-state index contributed by atoms with van der Waals surface area (Å²) in [5.41, 5.74) is 2.40. The third-order valence-corrected chi connectivity index (χ3v) is 4.64. The fourth-order valence-corrected chi connectivity index (χ4v) is 3.19. The Balaban J connectivity index is 2.15. The summed E-state index contributed by atoms with van der Waals surface area (Å²) in [5, 5.41) is 0.200. The zero-order chi connectivity index (χ0) is 18.4. The zero-order valence-electron chi connectivity index (χ0n) is 13.3. The highest BCUT2D eigenvalue weighted by molar-refractivity contribution is 6.34. The van der Waals surface area contributed by atoms with Crippen LogP contribution < -0.4 is 5.48 Å². The van der Waals surface area contributed by atoms with E-state index in [9.17, 15) is 13.2 Å². The Bertz CT molecular complexity index is 844. The molecule has 2 nitrogen and oxygen atoms in total. The van der Waals surface area contributed by atoms with E-state index in [0.29, 0.717) is 5.56 Å². The lowest BCUT2D eigenvalue weighted by Gasteiger charge is -2.28. The summed E-state index contributed by atoms with van der Waals surface area (Å²) >= 11 is 11.8. The zero-order valence-corrected chi connectivity index (χ0v) is 14.9. The highest BCUT2D eigenvalue weighted by Crippen LogP contribution is 2.48. The number of hydroxylamine groups is 1. The molecule has 25 heavy (non-hydrogen) atoms. The number of hydrogen-bond acceptors (Lipinski definition) is 2. The molecule has 0 saturated heterocycles. The van der Waals surface area contributed by atoms with Gasteiger partial charge in [-0.3, -0.25) is 10.3 Å². The van der Waals surface area contributed by atoms with Crippen molar-refractivity contribution in [2.75, 3.05) is 0 Å². The van der Waals surface area contributed by atoms with Gasteiger partial charge >= 0.3 is 6.18 Å². The number of halogens is 5. The summed E-state index contributed by atoms with van der Waals surface area (Å²) in [5.74, 6) is 0. The van der Waals surface area contributed by atoms with Gasteiger partial charge in [-0.1, -0.05) is 35.3 Å². The molecule has 132 valence electrons. The second-order valence-electron chi connectivity index (χ2n) is 5.95. The molecule has 7 heteroatoms. The van der Waals surface area contributed by atoms with Crippen molar-refractivity contribution in [2.45, 2.75) is 25.6 Å². The molecule has 1 heterocycles. The summed E-state index contributed by atoms with van der Waals surface area (Å²) in [4.78, 5) is 5.05. The standard InChI is InChI=1S/C18H14Cl2F3NO/c1-10-3-4-12(5-11(10)2)16-9-17(25-24-16,18(21,22)23)13-6-14(19)8-15(20)7-13/h3-9,24H,1-2H3. The van der Waals surface area contributed by atoms with Crippen molar-refractivity contribution in [2.24, 2.45) is 0 Å². The highest BCUT2D eigenvalue weighted by Gasteiger charge is 2.59. The maximum Gasteiger partial charge on any atom is 0.428 e. The number of alkyl halides is 3. The molecule has 0 bridgehead atoms. The van der Waals surface area contributed by atoms with Gasteiger partial charge in [0.2, 0.25) is 5.60 Å². The lowest BCUT2D eigenvalue weighted by atomic mass is 9.91. The van der Waals surface area contributed by atoms with Gasteiger partial charge in [0.15, 0.2) is 0 Å². The molecule has 1 unspecified atom stereocenters. The fraction of sp³-hybridized carbons (Fsp3) is 0.222. The highest BCUT2D eigenvalue weighted by atomic mass is 35.5. The summed E-state index contributed by atoms with van der Waals surface area (Å²) < 4.78 is 41.7. The minimum atomic E-state index is -4.71. The van der Waals surface area contributed by atoms with Crippen molar-refractivity contribution in [1.82, 2.24) is 5.48 Å². The molecule has 0 amide bonds. The van der Waals surface area contributed by atoms with Crippen LogP contribution in [-0.2, 0) is 10.4 Å². The van der Waals surface area contributed by atoms with E-state index >= 15 is 0 Å². The van der Waals surface area contributed by atoms with Crippen LogP contribution >= 0.6 is 23.2 Å². The third-order valence-electron chi connectivity index (χ3n) is 4.20. The van der Waals surface area contributed by atoms with E-state index in [4.69, 9.17) is 28.0 Å². The van der Waals surface area contributed by atoms with E-state index in [1.165, 1.54) is 18.2 Å². The van der Waals surface area contributed by atoms with E-state index in [-0.39, 0.29) is 21.3 Å². The van der Waals surface area contributed by atoms with E-state index in [1.54, 1.807) is 12.1 Å². The molecule has 0 fully saturated rings. The number of rotatable bonds is 2. The summed E-state index contributed by atoms with van der Waals surface area (Å²) in [6, 6.07) is 9.14. The molecule has 1 atom stereocenters. The van der Waals surface area contributed by atoms with Gasteiger partial charge in [0.05, 0.1) is 5.70 Å². The Labute approximate surface area is 153 Å². The largest absolute Gasteiger partial charge is 0.428 e. The van der Waals surface area contributed by atoms with E-state index < -0.39 is 11.8 Å². The second kappa shape index (κ2) is 6.24. The Morgan fingerprint density at radius 1 is 0.960 bits per heavy atom. The predicted octanol–water partition coefficient (Wildman–Crippen LogP) is 5.94. The first-order valence-corrected chi connectivity index (χ1v) is 8.16. The summed E-state index contributed by atoms with van der Waals surface area (Å²) in [6.45, 7) is 3.82. The van der Waals surface area contributed by atoms with Crippen LogP contribution in [0.1, 0.15) is 22.3 Å². The quantitative estimate of drug-likeness (QED) is 0.687. The first-order chi connectivity index (χ1) is 11.6. The van der Waals surface area contributed by atoms with Crippen LogP contribution in [0.2, 0.25) is 10.0 Å². The van der Waals surface area contributed by atoms with Crippen molar-refractivity contribution >= 4 is 28.9 Å². The monoisotopic (exact) mass is 387 g/mol. The first-order valence-electron chi connectivity index (χ1n) is 7.40. The van der Waals surface area contributed by atoms with Gasteiger partial charge < -0.3 is 0 Å². The van der Waals surface area contributed by atoms with Gasteiger partial charge in [-0.2, -0.15) is 13.2 Å². The molecular weight excluding hydrogens is 374 g/mol. The third kappa shape index (κ3) is 3.24. The maximum atomic E-state index is 13.9. The van der Waals surface area contributed by atoms with Crippen LogP contribution in [0.5, 0.6) is 0 Å². The molecule has 2 aromatic rings. The smallest absolute Gasteiger partial charge is 0.265 e. The van der Waals surface area contributed by atoms with Crippen molar-refractivity contribution in [3.05, 3.63) is 74.8 Å². The molecule has 0 spiro atoms.